The zero-order chi connectivity index (χ0) is 19.8. The second-order valence-corrected chi connectivity index (χ2v) is 8.52. The molecule has 4 bridgehead atoms. The van der Waals surface area contributed by atoms with E-state index in [4.69, 9.17) is 9.47 Å². The first-order chi connectivity index (χ1) is 14.3. The Morgan fingerprint density at radius 1 is 0.655 bits per heavy atom. The first-order valence-corrected chi connectivity index (χ1v) is 11.2. The van der Waals surface area contributed by atoms with E-state index in [-0.39, 0.29) is 0 Å². The Bertz CT molecular complexity index is 1210. The van der Waals surface area contributed by atoms with Crippen molar-refractivity contribution in [1.29, 1.82) is 0 Å². The topological polar surface area (TPSA) is 18.5 Å². The van der Waals surface area contributed by atoms with Crippen molar-refractivity contribution >= 4 is 33.3 Å². The van der Waals surface area contributed by atoms with E-state index in [9.17, 15) is 0 Å². The molecule has 4 aromatic rings. The van der Waals surface area contributed by atoms with Crippen LogP contribution in [0.25, 0.3) is 21.5 Å². The highest BCUT2D eigenvalue weighted by Gasteiger charge is 2.20. The van der Waals surface area contributed by atoms with E-state index in [1.54, 1.807) is 14.2 Å². The van der Waals surface area contributed by atoms with E-state index in [0.29, 0.717) is 0 Å². The fraction of sp³-hybridized carbons (Fsp3) is 0.231. The number of methoxy groups -OCH3 is 2. The third-order valence-electron chi connectivity index (χ3n) is 5.92. The Morgan fingerprint density at radius 3 is 1.93 bits per heavy atom. The molecule has 1 aliphatic rings. The van der Waals surface area contributed by atoms with Gasteiger partial charge in [0.15, 0.2) is 0 Å². The van der Waals surface area contributed by atoms with Gasteiger partial charge in [-0.2, -0.15) is 11.8 Å². The van der Waals surface area contributed by atoms with Crippen molar-refractivity contribution in [3.05, 3.63) is 82.9 Å². The van der Waals surface area contributed by atoms with Gasteiger partial charge < -0.3 is 9.47 Å². The summed E-state index contributed by atoms with van der Waals surface area (Å²) in [5.41, 5.74) is 5.17. The summed E-state index contributed by atoms with van der Waals surface area (Å²) in [6.07, 6.45) is 1.85. The maximum Gasteiger partial charge on any atom is 0.126 e. The lowest BCUT2D eigenvalue weighted by Gasteiger charge is -2.17. The fourth-order valence-corrected chi connectivity index (χ4v) is 5.68. The molecular weight excluding hydrogens is 376 g/mol. The van der Waals surface area contributed by atoms with Gasteiger partial charge in [0, 0.05) is 28.2 Å². The van der Waals surface area contributed by atoms with Crippen molar-refractivity contribution in [3.63, 3.8) is 0 Å². The van der Waals surface area contributed by atoms with Crippen molar-refractivity contribution in [2.75, 3.05) is 14.2 Å². The van der Waals surface area contributed by atoms with Crippen LogP contribution in [-0.2, 0) is 24.3 Å². The highest BCUT2D eigenvalue weighted by atomic mass is 32.2. The number of rotatable bonds is 2. The number of ether oxygens (including phenoxy) is 2. The zero-order valence-electron chi connectivity index (χ0n) is 16.8. The van der Waals surface area contributed by atoms with Gasteiger partial charge in [-0.25, -0.2) is 0 Å². The van der Waals surface area contributed by atoms with Gasteiger partial charge in [-0.05, 0) is 52.1 Å². The SMILES string of the molecule is COc1c2cc3ccccc3c1CCc1cc3ccccc3c(c1OC)CSC2. The summed E-state index contributed by atoms with van der Waals surface area (Å²) >= 11 is 1.93. The Morgan fingerprint density at radius 2 is 1.24 bits per heavy atom. The van der Waals surface area contributed by atoms with Crippen LogP contribution in [0.4, 0.5) is 0 Å². The molecule has 29 heavy (non-hydrogen) atoms. The number of fused-ring (bicyclic) bond motifs is 8. The molecule has 2 nitrogen and oxygen atoms in total. The van der Waals surface area contributed by atoms with Gasteiger partial charge in [0.2, 0.25) is 0 Å². The number of hydrogen-bond donors (Lipinski definition) is 0. The van der Waals surface area contributed by atoms with Crippen LogP contribution in [0.1, 0.15) is 22.3 Å². The molecule has 1 heterocycles. The Kier molecular flexibility index (Phi) is 4.84. The monoisotopic (exact) mass is 400 g/mol. The van der Waals surface area contributed by atoms with Crippen LogP contribution in [0, 0.1) is 0 Å². The Balaban J connectivity index is 1.73. The van der Waals surface area contributed by atoms with E-state index in [0.717, 1.165) is 35.8 Å². The predicted octanol–water partition coefficient (Wildman–Crippen LogP) is 6.54. The molecule has 0 N–H and O–H groups in total. The van der Waals surface area contributed by atoms with E-state index in [1.807, 2.05) is 11.8 Å². The molecule has 3 heteroatoms. The normalized spacial score (nSPS) is 13.9. The van der Waals surface area contributed by atoms with Crippen LogP contribution in [0.2, 0.25) is 0 Å². The van der Waals surface area contributed by atoms with Gasteiger partial charge in [-0.15, -0.1) is 0 Å². The van der Waals surface area contributed by atoms with E-state index in [2.05, 4.69) is 60.7 Å². The molecule has 1 aliphatic heterocycles. The summed E-state index contributed by atoms with van der Waals surface area (Å²) < 4.78 is 11.9. The first-order valence-electron chi connectivity index (χ1n) is 10.0. The highest BCUT2D eigenvalue weighted by molar-refractivity contribution is 7.97. The molecule has 4 aromatic carbocycles. The van der Waals surface area contributed by atoms with E-state index in [1.165, 1.54) is 43.8 Å². The maximum absolute atomic E-state index is 5.96. The lowest BCUT2D eigenvalue weighted by molar-refractivity contribution is 0.404. The molecule has 0 aromatic heterocycles. The summed E-state index contributed by atoms with van der Waals surface area (Å²) in [4.78, 5) is 0. The molecule has 146 valence electrons. The van der Waals surface area contributed by atoms with Crippen molar-refractivity contribution in [2.24, 2.45) is 0 Å². The molecule has 0 radical (unpaired) electrons. The van der Waals surface area contributed by atoms with Crippen LogP contribution in [0.5, 0.6) is 11.5 Å². The predicted molar refractivity (Wildman–Crippen MR) is 123 cm³/mol. The van der Waals surface area contributed by atoms with Gasteiger partial charge in [-0.1, -0.05) is 48.5 Å². The second kappa shape index (κ2) is 7.64. The largest absolute Gasteiger partial charge is 0.496 e. The van der Waals surface area contributed by atoms with Crippen LogP contribution < -0.4 is 9.47 Å². The smallest absolute Gasteiger partial charge is 0.126 e. The highest BCUT2D eigenvalue weighted by Crippen LogP contribution is 2.41. The number of hydrogen-bond acceptors (Lipinski definition) is 3. The summed E-state index contributed by atoms with van der Waals surface area (Å²) in [5, 5.41) is 5.17. The summed E-state index contributed by atoms with van der Waals surface area (Å²) in [7, 11) is 3.60. The average molecular weight is 401 g/mol. The number of aryl methyl sites for hydroxylation is 2. The summed E-state index contributed by atoms with van der Waals surface area (Å²) in [6, 6.07) is 21.9. The molecule has 0 unspecified atom stereocenters. The van der Waals surface area contributed by atoms with Crippen LogP contribution in [0.15, 0.2) is 60.7 Å². The second-order valence-electron chi connectivity index (χ2n) is 7.53. The lowest BCUT2D eigenvalue weighted by Crippen LogP contribution is -2.02. The molecule has 0 saturated heterocycles. The Labute approximate surface area is 175 Å². The minimum absolute atomic E-state index is 0.919. The molecular formula is C26H24O2S. The van der Waals surface area contributed by atoms with Gasteiger partial charge in [0.25, 0.3) is 0 Å². The molecule has 0 amide bonds. The molecule has 0 saturated carbocycles. The van der Waals surface area contributed by atoms with E-state index >= 15 is 0 Å². The van der Waals surface area contributed by atoms with Gasteiger partial charge >= 0.3 is 0 Å². The van der Waals surface area contributed by atoms with Gasteiger partial charge in [0.1, 0.15) is 11.5 Å². The lowest BCUT2D eigenvalue weighted by atomic mass is 9.93. The van der Waals surface area contributed by atoms with Crippen molar-refractivity contribution in [3.8, 4) is 11.5 Å². The number of benzene rings is 4. The quantitative estimate of drug-likeness (QED) is 0.380. The van der Waals surface area contributed by atoms with Crippen molar-refractivity contribution in [2.45, 2.75) is 24.3 Å². The average Bonchev–Trinajstić information content (AvgIpc) is 2.77. The standard InChI is InChI=1S/C26H24O2S/c1-27-25-19-11-12-23-21-9-5-3-8-18(21)14-20(26(23)28-2)15-29-16-24(25)22-10-6-4-7-17(22)13-19/h3-10,13-14H,11-12,15-16H2,1-2H3. The molecule has 0 fully saturated rings. The molecule has 0 aliphatic carbocycles. The summed E-state index contributed by atoms with van der Waals surface area (Å²) in [5.74, 6) is 3.94. The van der Waals surface area contributed by atoms with Crippen LogP contribution >= 0.6 is 11.8 Å². The maximum atomic E-state index is 5.96. The minimum Gasteiger partial charge on any atom is -0.496 e. The molecule has 0 atom stereocenters. The fourth-order valence-electron chi connectivity index (χ4n) is 4.65. The third kappa shape index (κ3) is 3.14. The van der Waals surface area contributed by atoms with Crippen LogP contribution in [-0.4, -0.2) is 14.2 Å². The van der Waals surface area contributed by atoms with Crippen LogP contribution in [0.3, 0.4) is 0 Å². The number of thioether (sulfide) groups is 1. The van der Waals surface area contributed by atoms with Crippen molar-refractivity contribution in [1.82, 2.24) is 0 Å². The van der Waals surface area contributed by atoms with Gasteiger partial charge in [-0.3, -0.25) is 0 Å². The third-order valence-corrected chi connectivity index (χ3v) is 6.93. The van der Waals surface area contributed by atoms with Crippen molar-refractivity contribution < 1.29 is 9.47 Å². The Hall–Kier alpha value is -2.65. The summed E-state index contributed by atoms with van der Waals surface area (Å²) in [6.45, 7) is 0. The zero-order valence-corrected chi connectivity index (χ0v) is 17.6. The first kappa shape index (κ1) is 18.4. The molecule has 5 rings (SSSR count). The van der Waals surface area contributed by atoms with Gasteiger partial charge in [0.05, 0.1) is 14.2 Å². The van der Waals surface area contributed by atoms with E-state index < -0.39 is 0 Å². The molecule has 0 spiro atoms. The minimum atomic E-state index is 0.919.